The fourth-order valence-electron chi connectivity index (χ4n) is 1.89. The molecule has 0 aromatic carbocycles. The van der Waals surface area contributed by atoms with Crippen LogP contribution in [0.3, 0.4) is 0 Å². The van der Waals surface area contributed by atoms with Gasteiger partial charge in [-0.05, 0) is 25.3 Å². The Kier molecular flexibility index (Phi) is 2.11. The van der Waals surface area contributed by atoms with Crippen molar-refractivity contribution in [2.45, 2.75) is 19.3 Å². The van der Waals surface area contributed by atoms with Gasteiger partial charge in [-0.15, -0.1) is 0 Å². The number of hydrogen-bond acceptors (Lipinski definition) is 5. The summed E-state index contributed by atoms with van der Waals surface area (Å²) in [5, 5.41) is 3.69. The molecule has 0 fully saturated rings. The van der Waals surface area contributed by atoms with Crippen molar-refractivity contribution in [3.63, 3.8) is 0 Å². The quantitative estimate of drug-likeness (QED) is 0.379. The van der Waals surface area contributed by atoms with E-state index in [-0.39, 0.29) is 11.2 Å². The van der Waals surface area contributed by atoms with E-state index in [0.717, 1.165) is 40.9 Å². The summed E-state index contributed by atoms with van der Waals surface area (Å²) < 4.78 is 1.09. The van der Waals surface area contributed by atoms with Crippen LogP contribution in [0.15, 0.2) is 16.0 Å². The Morgan fingerprint density at radius 1 is 1.40 bits per heavy atom. The van der Waals surface area contributed by atoms with E-state index in [1.165, 1.54) is 0 Å². The second-order valence-electron chi connectivity index (χ2n) is 3.56. The lowest BCUT2D eigenvalue weighted by Gasteiger charge is -2.19. The van der Waals surface area contributed by atoms with Gasteiger partial charge in [-0.25, -0.2) is 4.68 Å². The molecule has 0 radical (unpaired) electrons. The van der Waals surface area contributed by atoms with Gasteiger partial charge < -0.3 is 17.4 Å². The van der Waals surface area contributed by atoms with Gasteiger partial charge in [0.05, 0.1) is 11.4 Å². The average Bonchev–Trinajstić information content (AvgIpc) is 2.25. The Bertz CT molecular complexity index is 488. The molecule has 80 valence electrons. The molecule has 1 aliphatic carbocycles. The first kappa shape index (κ1) is 9.57. The lowest BCUT2D eigenvalue weighted by atomic mass is 9.94. The minimum atomic E-state index is -0.368. The van der Waals surface area contributed by atoms with Crippen LogP contribution in [0.25, 0.3) is 0 Å². The Morgan fingerprint density at radius 3 is 2.80 bits per heavy atom. The molecule has 2 rings (SSSR count). The molecule has 0 amide bonds. The molecule has 15 heavy (non-hydrogen) atoms. The molecule has 0 spiro atoms. The van der Waals surface area contributed by atoms with Crippen LogP contribution in [-0.2, 0) is 6.42 Å². The molecule has 6 nitrogen and oxygen atoms in total. The minimum Gasteiger partial charge on any atom is -0.394 e. The first-order valence-corrected chi connectivity index (χ1v) is 4.71. The zero-order chi connectivity index (χ0) is 11.0. The van der Waals surface area contributed by atoms with Crippen LogP contribution < -0.4 is 23.0 Å². The van der Waals surface area contributed by atoms with E-state index >= 15 is 0 Å². The number of nitrogen functional groups attached to an aromatic ring is 2. The number of fused-ring (bicyclic) bond motifs is 1. The summed E-state index contributed by atoms with van der Waals surface area (Å²) in [7, 11) is 0. The summed E-state index contributed by atoms with van der Waals surface area (Å²) in [5.41, 5.74) is 7.61. The molecular weight excluding hydrogens is 194 g/mol. The summed E-state index contributed by atoms with van der Waals surface area (Å²) in [5.74, 6) is 10.9. The Balaban J connectivity index is 2.74. The fraction of sp³-hybridized carbons (Fsp3) is 0.333. The van der Waals surface area contributed by atoms with E-state index in [2.05, 4.69) is 5.10 Å². The number of rotatable bonds is 0. The minimum absolute atomic E-state index is 0.124. The van der Waals surface area contributed by atoms with Crippen molar-refractivity contribution in [1.82, 2.24) is 4.68 Å². The molecule has 0 saturated heterocycles. The van der Waals surface area contributed by atoms with Crippen LogP contribution in [-0.4, -0.2) is 10.4 Å². The van der Waals surface area contributed by atoms with Crippen molar-refractivity contribution in [1.29, 1.82) is 0 Å². The van der Waals surface area contributed by atoms with Crippen LogP contribution in [0.1, 0.15) is 24.1 Å². The van der Waals surface area contributed by atoms with E-state index in [0.29, 0.717) is 0 Å². The van der Waals surface area contributed by atoms with E-state index in [9.17, 15) is 4.79 Å². The largest absolute Gasteiger partial charge is 0.394 e. The summed E-state index contributed by atoms with van der Waals surface area (Å²) >= 11 is 0. The first-order chi connectivity index (χ1) is 7.15. The van der Waals surface area contributed by atoms with Gasteiger partial charge in [0.25, 0.3) is 5.56 Å². The van der Waals surface area contributed by atoms with Gasteiger partial charge in [-0.2, -0.15) is 5.10 Å². The molecule has 1 heterocycles. The molecule has 1 aromatic heterocycles. The van der Waals surface area contributed by atoms with Gasteiger partial charge in [0.2, 0.25) is 0 Å². The monoisotopic (exact) mass is 207 g/mol. The van der Waals surface area contributed by atoms with Crippen molar-refractivity contribution < 1.29 is 0 Å². The molecule has 1 aliphatic rings. The zero-order valence-corrected chi connectivity index (χ0v) is 8.23. The van der Waals surface area contributed by atoms with E-state index in [1.54, 1.807) is 6.07 Å². The van der Waals surface area contributed by atoms with Crippen molar-refractivity contribution in [2.75, 3.05) is 11.6 Å². The van der Waals surface area contributed by atoms with Gasteiger partial charge >= 0.3 is 0 Å². The normalized spacial score (nSPS) is 17.7. The van der Waals surface area contributed by atoms with Crippen LogP contribution >= 0.6 is 0 Å². The van der Waals surface area contributed by atoms with Crippen molar-refractivity contribution in [2.24, 2.45) is 10.9 Å². The highest BCUT2D eigenvalue weighted by Crippen LogP contribution is 2.20. The molecule has 0 bridgehead atoms. The van der Waals surface area contributed by atoms with Gasteiger partial charge in [0.1, 0.15) is 5.69 Å². The average molecular weight is 207 g/mol. The maximum atomic E-state index is 11.5. The molecule has 0 aliphatic heterocycles. The van der Waals surface area contributed by atoms with Crippen LogP contribution in [0, 0.1) is 0 Å². The third-order valence-electron chi connectivity index (χ3n) is 2.66. The summed E-state index contributed by atoms with van der Waals surface area (Å²) in [6.45, 7) is 0. The number of nitrogens with two attached hydrogens (primary N) is 3. The third-order valence-corrected chi connectivity index (χ3v) is 2.66. The SMILES string of the molecule is N/N=C1\CCCc2c1cc(N)c(=O)n2N. The lowest BCUT2D eigenvalue weighted by molar-refractivity contribution is 0.741. The van der Waals surface area contributed by atoms with Gasteiger partial charge in [0.15, 0.2) is 0 Å². The third kappa shape index (κ3) is 1.34. The number of nitrogens with zero attached hydrogens (tertiary/aromatic N) is 2. The van der Waals surface area contributed by atoms with Crippen LogP contribution in [0.4, 0.5) is 5.69 Å². The summed E-state index contributed by atoms with van der Waals surface area (Å²) in [6.07, 6.45) is 2.44. The molecular formula is C9H13N5O. The second-order valence-corrected chi connectivity index (χ2v) is 3.56. The summed E-state index contributed by atoms with van der Waals surface area (Å²) in [4.78, 5) is 11.5. The van der Waals surface area contributed by atoms with E-state index < -0.39 is 0 Å². The number of aromatic nitrogens is 1. The van der Waals surface area contributed by atoms with E-state index in [4.69, 9.17) is 17.4 Å². The second kappa shape index (κ2) is 3.30. The molecule has 0 atom stereocenters. The first-order valence-electron chi connectivity index (χ1n) is 4.71. The maximum Gasteiger partial charge on any atom is 0.292 e. The molecule has 0 saturated carbocycles. The topological polar surface area (TPSA) is 112 Å². The molecule has 6 N–H and O–H groups in total. The number of pyridine rings is 1. The van der Waals surface area contributed by atoms with Gasteiger partial charge in [0, 0.05) is 5.56 Å². The molecule has 1 aromatic rings. The highest BCUT2D eigenvalue weighted by Gasteiger charge is 2.20. The number of anilines is 1. The van der Waals surface area contributed by atoms with E-state index in [1.807, 2.05) is 0 Å². The summed E-state index contributed by atoms with van der Waals surface area (Å²) in [6, 6.07) is 1.60. The Morgan fingerprint density at radius 2 is 2.13 bits per heavy atom. The predicted molar refractivity (Wildman–Crippen MR) is 58.9 cm³/mol. The molecule has 6 heteroatoms. The number of hydrazone groups is 1. The van der Waals surface area contributed by atoms with Crippen molar-refractivity contribution in [3.8, 4) is 0 Å². The van der Waals surface area contributed by atoms with Crippen molar-refractivity contribution >= 4 is 11.4 Å². The standard InChI is InChI=1S/C9H13N5O/c10-6-4-5-7(13-11)2-1-3-8(5)14(12)9(6)15/h4H,1-3,10-12H2/b13-7+. The predicted octanol–water partition coefficient (Wildman–Crippen LogP) is -0.857. The zero-order valence-electron chi connectivity index (χ0n) is 8.23. The highest BCUT2D eigenvalue weighted by atomic mass is 16.1. The van der Waals surface area contributed by atoms with Gasteiger partial charge in [-0.1, -0.05) is 0 Å². The van der Waals surface area contributed by atoms with Crippen molar-refractivity contribution in [3.05, 3.63) is 27.7 Å². The number of hydrogen-bond donors (Lipinski definition) is 3. The van der Waals surface area contributed by atoms with Crippen LogP contribution in [0.5, 0.6) is 0 Å². The molecule has 0 unspecified atom stereocenters. The Hall–Kier alpha value is -1.98. The maximum absolute atomic E-state index is 11.5. The van der Waals surface area contributed by atoms with Gasteiger partial charge in [-0.3, -0.25) is 4.79 Å². The lowest BCUT2D eigenvalue weighted by Crippen LogP contribution is -2.35. The smallest absolute Gasteiger partial charge is 0.292 e. The highest BCUT2D eigenvalue weighted by molar-refractivity contribution is 6.02. The Labute approximate surface area is 86.3 Å². The fourth-order valence-corrected chi connectivity index (χ4v) is 1.89. The van der Waals surface area contributed by atoms with Crippen LogP contribution in [0.2, 0.25) is 0 Å².